The molecule has 1 aromatic rings. The summed E-state index contributed by atoms with van der Waals surface area (Å²) in [6.45, 7) is 2.70. The number of oxime groups is 1. The van der Waals surface area contributed by atoms with E-state index >= 15 is 0 Å². The van der Waals surface area contributed by atoms with E-state index in [1.807, 2.05) is 31.2 Å². The summed E-state index contributed by atoms with van der Waals surface area (Å²) in [6.07, 6.45) is 0.515. The van der Waals surface area contributed by atoms with Gasteiger partial charge in [0.15, 0.2) is 0 Å². The molecule has 0 aliphatic heterocycles. The Labute approximate surface area is 100 Å². The average Bonchev–Trinajstić information content (AvgIpc) is 2.28. The van der Waals surface area contributed by atoms with Crippen LogP contribution < -0.4 is 11.1 Å². The zero-order chi connectivity index (χ0) is 12.0. The molecule has 0 radical (unpaired) electrons. The average molecular weight is 242 g/mol. The van der Waals surface area contributed by atoms with Gasteiger partial charge in [-0.15, -0.1) is 0 Å². The molecular formula is C11H16ClN3O. The van der Waals surface area contributed by atoms with E-state index in [-0.39, 0.29) is 11.9 Å². The lowest BCUT2D eigenvalue weighted by molar-refractivity contribution is 0.316. The van der Waals surface area contributed by atoms with Crippen molar-refractivity contribution in [2.75, 3.05) is 6.54 Å². The molecule has 0 saturated heterocycles. The van der Waals surface area contributed by atoms with Crippen LogP contribution in [0.2, 0.25) is 5.02 Å². The summed E-state index contributed by atoms with van der Waals surface area (Å²) in [4.78, 5) is 0. The second kappa shape index (κ2) is 6.35. The zero-order valence-electron chi connectivity index (χ0n) is 9.15. The fourth-order valence-electron chi connectivity index (χ4n) is 1.36. The van der Waals surface area contributed by atoms with Crippen molar-refractivity contribution < 1.29 is 5.21 Å². The van der Waals surface area contributed by atoms with Crippen molar-refractivity contribution in [1.29, 1.82) is 0 Å². The maximum Gasteiger partial charge on any atom is 0.140 e. The van der Waals surface area contributed by atoms with Gasteiger partial charge in [-0.1, -0.05) is 28.9 Å². The monoisotopic (exact) mass is 241 g/mol. The highest BCUT2D eigenvalue weighted by molar-refractivity contribution is 6.30. The number of halogens is 1. The van der Waals surface area contributed by atoms with Crippen molar-refractivity contribution in [2.24, 2.45) is 10.9 Å². The van der Waals surface area contributed by atoms with Gasteiger partial charge in [0.25, 0.3) is 0 Å². The van der Waals surface area contributed by atoms with E-state index in [2.05, 4.69) is 10.5 Å². The Morgan fingerprint density at radius 1 is 1.62 bits per heavy atom. The molecule has 0 aromatic heterocycles. The topological polar surface area (TPSA) is 70.6 Å². The minimum atomic E-state index is 0.185. The van der Waals surface area contributed by atoms with Crippen LogP contribution in [-0.4, -0.2) is 17.6 Å². The molecule has 1 rings (SSSR count). The van der Waals surface area contributed by atoms with E-state index in [9.17, 15) is 0 Å². The molecule has 0 bridgehead atoms. The summed E-state index contributed by atoms with van der Waals surface area (Å²) >= 11 is 5.90. The maximum absolute atomic E-state index is 8.37. The Morgan fingerprint density at radius 3 is 3.00 bits per heavy atom. The van der Waals surface area contributed by atoms with Gasteiger partial charge in [-0.25, -0.2) is 0 Å². The molecule has 4 nitrogen and oxygen atoms in total. The van der Waals surface area contributed by atoms with Crippen LogP contribution in [0.4, 0.5) is 0 Å². The van der Waals surface area contributed by atoms with Gasteiger partial charge in [0, 0.05) is 24.0 Å². The second-order valence-corrected chi connectivity index (χ2v) is 4.01. The van der Waals surface area contributed by atoms with Crippen LogP contribution in [0.3, 0.4) is 0 Å². The van der Waals surface area contributed by atoms with Crippen LogP contribution in [0.1, 0.15) is 24.9 Å². The number of rotatable bonds is 5. The van der Waals surface area contributed by atoms with Gasteiger partial charge in [0.05, 0.1) is 0 Å². The van der Waals surface area contributed by atoms with E-state index < -0.39 is 0 Å². The van der Waals surface area contributed by atoms with E-state index in [4.69, 9.17) is 22.5 Å². The Balaban J connectivity index is 2.44. The zero-order valence-corrected chi connectivity index (χ0v) is 9.91. The predicted molar refractivity (Wildman–Crippen MR) is 65.9 cm³/mol. The van der Waals surface area contributed by atoms with Gasteiger partial charge in [-0.2, -0.15) is 0 Å². The van der Waals surface area contributed by atoms with Crippen LogP contribution in [0.5, 0.6) is 0 Å². The molecule has 0 saturated carbocycles. The predicted octanol–water partition coefficient (Wildman–Crippen LogP) is 2.13. The Bertz CT molecular complexity index is 368. The number of nitrogens with one attached hydrogen (secondary N) is 1. The Hall–Kier alpha value is -1.26. The molecule has 1 atom stereocenters. The molecule has 0 spiro atoms. The molecule has 0 aliphatic carbocycles. The van der Waals surface area contributed by atoms with Crippen molar-refractivity contribution in [2.45, 2.75) is 19.4 Å². The minimum absolute atomic E-state index is 0.185. The van der Waals surface area contributed by atoms with Crippen molar-refractivity contribution in [3.63, 3.8) is 0 Å². The number of hydrogen-bond acceptors (Lipinski definition) is 3. The molecule has 4 N–H and O–H groups in total. The third-order valence-corrected chi connectivity index (χ3v) is 2.54. The van der Waals surface area contributed by atoms with Crippen LogP contribution in [0, 0.1) is 0 Å². The summed E-state index contributed by atoms with van der Waals surface area (Å²) < 4.78 is 0. The molecule has 1 aromatic carbocycles. The third-order valence-electron chi connectivity index (χ3n) is 2.31. The van der Waals surface area contributed by atoms with Gasteiger partial charge >= 0.3 is 0 Å². The SMILES string of the molecule is CC(NCCC(N)=NO)c1cccc(Cl)c1. The lowest BCUT2D eigenvalue weighted by Gasteiger charge is -2.14. The second-order valence-electron chi connectivity index (χ2n) is 3.57. The highest BCUT2D eigenvalue weighted by Crippen LogP contribution is 2.16. The van der Waals surface area contributed by atoms with Gasteiger partial charge in [0.2, 0.25) is 0 Å². The molecule has 16 heavy (non-hydrogen) atoms. The molecule has 0 amide bonds. The highest BCUT2D eigenvalue weighted by atomic mass is 35.5. The highest BCUT2D eigenvalue weighted by Gasteiger charge is 2.04. The van der Waals surface area contributed by atoms with E-state index in [1.165, 1.54) is 0 Å². The first-order valence-electron chi connectivity index (χ1n) is 5.08. The minimum Gasteiger partial charge on any atom is -0.409 e. The summed E-state index contributed by atoms with van der Waals surface area (Å²) in [6, 6.07) is 7.87. The van der Waals surface area contributed by atoms with E-state index in [0.29, 0.717) is 13.0 Å². The molecule has 0 heterocycles. The summed E-state index contributed by atoms with van der Waals surface area (Å²) in [5, 5.41) is 15.3. The smallest absolute Gasteiger partial charge is 0.140 e. The largest absolute Gasteiger partial charge is 0.409 e. The van der Waals surface area contributed by atoms with E-state index in [0.717, 1.165) is 10.6 Å². The van der Waals surface area contributed by atoms with Crippen molar-refractivity contribution >= 4 is 17.4 Å². The van der Waals surface area contributed by atoms with Crippen molar-refractivity contribution in [3.8, 4) is 0 Å². The standard InChI is InChI=1S/C11H16ClN3O/c1-8(14-6-5-11(13)15-16)9-3-2-4-10(12)7-9/h2-4,7-8,14,16H,5-6H2,1H3,(H2,13,15). The van der Waals surface area contributed by atoms with Gasteiger partial charge in [-0.3, -0.25) is 0 Å². The van der Waals surface area contributed by atoms with Crippen LogP contribution in [0.15, 0.2) is 29.4 Å². The van der Waals surface area contributed by atoms with Crippen molar-refractivity contribution in [1.82, 2.24) is 5.32 Å². The normalized spacial score (nSPS) is 13.8. The summed E-state index contributed by atoms with van der Waals surface area (Å²) in [5.74, 6) is 0.228. The van der Waals surface area contributed by atoms with Gasteiger partial charge in [-0.05, 0) is 24.6 Å². The fraction of sp³-hybridized carbons (Fsp3) is 0.364. The maximum atomic E-state index is 8.37. The molecular weight excluding hydrogens is 226 g/mol. The lowest BCUT2D eigenvalue weighted by atomic mass is 10.1. The molecule has 0 aliphatic rings. The van der Waals surface area contributed by atoms with Crippen LogP contribution >= 0.6 is 11.6 Å². The number of hydrogen-bond donors (Lipinski definition) is 3. The lowest BCUT2D eigenvalue weighted by Crippen LogP contribution is -2.24. The fourth-order valence-corrected chi connectivity index (χ4v) is 1.56. The molecule has 5 heteroatoms. The molecule has 1 unspecified atom stereocenters. The quantitative estimate of drug-likeness (QED) is 0.320. The van der Waals surface area contributed by atoms with Crippen LogP contribution in [0.25, 0.3) is 0 Å². The first kappa shape index (κ1) is 12.8. The first-order chi connectivity index (χ1) is 7.63. The van der Waals surface area contributed by atoms with E-state index in [1.54, 1.807) is 0 Å². The third kappa shape index (κ3) is 4.08. The van der Waals surface area contributed by atoms with Crippen molar-refractivity contribution in [3.05, 3.63) is 34.9 Å². The summed E-state index contributed by atoms with van der Waals surface area (Å²) in [5.41, 5.74) is 6.48. The Morgan fingerprint density at radius 2 is 2.38 bits per heavy atom. The first-order valence-corrected chi connectivity index (χ1v) is 5.46. The number of nitrogens with two attached hydrogens (primary N) is 1. The number of nitrogens with zero attached hydrogens (tertiary/aromatic N) is 1. The van der Waals surface area contributed by atoms with Gasteiger partial charge in [0.1, 0.15) is 5.84 Å². The number of benzene rings is 1. The van der Waals surface area contributed by atoms with Crippen LogP contribution in [-0.2, 0) is 0 Å². The molecule has 88 valence electrons. The Kier molecular flexibility index (Phi) is 5.08. The summed E-state index contributed by atoms with van der Waals surface area (Å²) in [7, 11) is 0. The number of amidine groups is 1. The van der Waals surface area contributed by atoms with Gasteiger partial charge < -0.3 is 16.3 Å². The molecule has 0 fully saturated rings.